The summed E-state index contributed by atoms with van der Waals surface area (Å²) in [7, 11) is 0. The SMILES string of the molecule is OCCC[C@H]1Cn2nnnc2[C@H](c2ccccc2)O1. The molecule has 6 nitrogen and oxygen atoms in total. The highest BCUT2D eigenvalue weighted by atomic mass is 16.5. The summed E-state index contributed by atoms with van der Waals surface area (Å²) in [5, 5.41) is 20.7. The van der Waals surface area contributed by atoms with Gasteiger partial charge in [0.15, 0.2) is 5.82 Å². The van der Waals surface area contributed by atoms with Crippen molar-refractivity contribution < 1.29 is 9.84 Å². The quantitative estimate of drug-likeness (QED) is 0.885. The zero-order valence-electron chi connectivity index (χ0n) is 10.5. The Hall–Kier alpha value is -1.79. The lowest BCUT2D eigenvalue weighted by Crippen LogP contribution is -2.32. The molecule has 0 saturated carbocycles. The highest BCUT2D eigenvalue weighted by Crippen LogP contribution is 2.30. The van der Waals surface area contributed by atoms with Gasteiger partial charge in [-0.1, -0.05) is 30.3 Å². The minimum absolute atomic E-state index is 0.0355. The summed E-state index contributed by atoms with van der Waals surface area (Å²) in [6, 6.07) is 9.95. The summed E-state index contributed by atoms with van der Waals surface area (Å²) < 4.78 is 7.88. The van der Waals surface area contributed by atoms with Crippen LogP contribution in [-0.2, 0) is 11.3 Å². The number of aliphatic hydroxyl groups excluding tert-OH is 1. The minimum Gasteiger partial charge on any atom is -0.396 e. The van der Waals surface area contributed by atoms with Gasteiger partial charge in [0.2, 0.25) is 0 Å². The first-order valence-electron chi connectivity index (χ1n) is 6.46. The molecule has 0 unspecified atom stereocenters. The highest BCUT2D eigenvalue weighted by Gasteiger charge is 2.31. The topological polar surface area (TPSA) is 73.1 Å². The monoisotopic (exact) mass is 260 g/mol. The Morgan fingerprint density at radius 2 is 2.16 bits per heavy atom. The zero-order chi connectivity index (χ0) is 13.1. The Labute approximate surface area is 111 Å². The number of fused-ring (bicyclic) bond motifs is 1. The van der Waals surface area contributed by atoms with E-state index in [1.165, 1.54) is 0 Å². The minimum atomic E-state index is -0.228. The van der Waals surface area contributed by atoms with Crippen molar-refractivity contribution in [1.82, 2.24) is 20.2 Å². The molecule has 0 bridgehead atoms. The summed E-state index contributed by atoms with van der Waals surface area (Å²) in [5.41, 5.74) is 1.05. The standard InChI is InChI=1S/C13H16N4O2/c18-8-4-7-11-9-17-13(14-15-16-17)12(19-11)10-5-2-1-3-6-10/h1-3,5-6,11-12,18H,4,7-9H2/t11-,12-/m0/s1. The van der Waals surface area contributed by atoms with Crippen molar-refractivity contribution in [2.45, 2.75) is 31.6 Å². The molecule has 6 heteroatoms. The van der Waals surface area contributed by atoms with Crippen LogP contribution in [-0.4, -0.2) is 38.0 Å². The van der Waals surface area contributed by atoms with Gasteiger partial charge in [-0.15, -0.1) is 5.10 Å². The molecule has 1 aromatic heterocycles. The molecule has 3 rings (SSSR count). The Balaban J connectivity index is 1.87. The lowest BCUT2D eigenvalue weighted by atomic mass is 10.1. The number of ether oxygens (including phenoxy) is 1. The van der Waals surface area contributed by atoms with E-state index < -0.39 is 0 Å². The van der Waals surface area contributed by atoms with Crippen LogP contribution in [0.1, 0.15) is 30.3 Å². The van der Waals surface area contributed by atoms with Crippen LogP contribution in [0.4, 0.5) is 0 Å². The Bertz CT molecular complexity index is 528. The Morgan fingerprint density at radius 1 is 1.32 bits per heavy atom. The molecule has 0 saturated heterocycles. The highest BCUT2D eigenvalue weighted by molar-refractivity contribution is 5.23. The van der Waals surface area contributed by atoms with E-state index in [1.807, 2.05) is 30.3 Å². The van der Waals surface area contributed by atoms with Gasteiger partial charge in [0, 0.05) is 6.61 Å². The van der Waals surface area contributed by atoms with Crippen molar-refractivity contribution in [3.63, 3.8) is 0 Å². The van der Waals surface area contributed by atoms with E-state index in [0.29, 0.717) is 6.54 Å². The third-order valence-electron chi connectivity index (χ3n) is 3.29. The number of hydrogen-bond donors (Lipinski definition) is 1. The summed E-state index contributed by atoms with van der Waals surface area (Å²) >= 11 is 0. The van der Waals surface area contributed by atoms with E-state index in [4.69, 9.17) is 9.84 Å². The zero-order valence-corrected chi connectivity index (χ0v) is 10.5. The van der Waals surface area contributed by atoms with Gasteiger partial charge in [-0.05, 0) is 28.8 Å². The molecule has 1 aliphatic heterocycles. The number of nitrogens with zero attached hydrogens (tertiary/aromatic N) is 4. The van der Waals surface area contributed by atoms with E-state index in [2.05, 4.69) is 15.5 Å². The van der Waals surface area contributed by atoms with E-state index >= 15 is 0 Å². The van der Waals surface area contributed by atoms with Crippen LogP contribution in [0.15, 0.2) is 30.3 Å². The molecule has 0 amide bonds. The van der Waals surface area contributed by atoms with Gasteiger partial charge in [-0.25, -0.2) is 4.68 Å². The molecule has 1 N–H and O–H groups in total. The second-order valence-electron chi connectivity index (χ2n) is 4.63. The van der Waals surface area contributed by atoms with Gasteiger partial charge in [0.05, 0.1) is 12.6 Å². The number of aromatic nitrogens is 4. The molecule has 2 atom stereocenters. The first-order valence-corrected chi connectivity index (χ1v) is 6.46. The van der Waals surface area contributed by atoms with Gasteiger partial charge in [-0.2, -0.15) is 0 Å². The number of benzene rings is 1. The van der Waals surface area contributed by atoms with Gasteiger partial charge in [0.25, 0.3) is 0 Å². The van der Waals surface area contributed by atoms with E-state index in [0.717, 1.165) is 24.2 Å². The van der Waals surface area contributed by atoms with Crippen LogP contribution in [0.3, 0.4) is 0 Å². The van der Waals surface area contributed by atoms with Crippen LogP contribution in [0.2, 0.25) is 0 Å². The lowest BCUT2D eigenvalue weighted by molar-refractivity contribution is -0.0388. The molecule has 0 spiro atoms. The fourth-order valence-electron chi connectivity index (χ4n) is 2.35. The second-order valence-corrected chi connectivity index (χ2v) is 4.63. The van der Waals surface area contributed by atoms with E-state index in [9.17, 15) is 0 Å². The van der Waals surface area contributed by atoms with Crippen LogP contribution in [0, 0.1) is 0 Å². The average Bonchev–Trinajstić information content (AvgIpc) is 2.93. The molecular formula is C13H16N4O2. The fraction of sp³-hybridized carbons (Fsp3) is 0.462. The van der Waals surface area contributed by atoms with Gasteiger partial charge in [-0.3, -0.25) is 0 Å². The Morgan fingerprint density at radius 3 is 2.95 bits per heavy atom. The molecule has 0 fully saturated rings. The van der Waals surface area contributed by atoms with Crippen molar-refractivity contribution >= 4 is 0 Å². The largest absolute Gasteiger partial charge is 0.396 e. The lowest BCUT2D eigenvalue weighted by Gasteiger charge is -2.29. The normalized spacial score (nSPS) is 22.2. The van der Waals surface area contributed by atoms with Crippen LogP contribution >= 0.6 is 0 Å². The summed E-state index contributed by atoms with van der Waals surface area (Å²) in [4.78, 5) is 0. The molecule has 1 aliphatic rings. The molecule has 1 aromatic carbocycles. The molecule has 19 heavy (non-hydrogen) atoms. The predicted molar refractivity (Wildman–Crippen MR) is 67.3 cm³/mol. The van der Waals surface area contributed by atoms with Crippen LogP contribution in [0.5, 0.6) is 0 Å². The van der Waals surface area contributed by atoms with E-state index in [1.54, 1.807) is 4.68 Å². The van der Waals surface area contributed by atoms with Gasteiger partial charge >= 0.3 is 0 Å². The number of rotatable bonds is 4. The maximum absolute atomic E-state index is 8.93. The smallest absolute Gasteiger partial charge is 0.185 e. The van der Waals surface area contributed by atoms with E-state index in [-0.39, 0.29) is 18.8 Å². The van der Waals surface area contributed by atoms with Crippen molar-refractivity contribution in [2.24, 2.45) is 0 Å². The van der Waals surface area contributed by atoms with Crippen LogP contribution in [0.25, 0.3) is 0 Å². The number of tetrazole rings is 1. The molecule has 0 radical (unpaired) electrons. The molecular weight excluding hydrogens is 244 g/mol. The van der Waals surface area contributed by atoms with Crippen molar-refractivity contribution in [2.75, 3.05) is 6.61 Å². The molecule has 0 aliphatic carbocycles. The first-order chi connectivity index (χ1) is 9.38. The second kappa shape index (κ2) is 5.46. The van der Waals surface area contributed by atoms with Gasteiger partial charge in [0.1, 0.15) is 6.10 Å². The molecule has 2 heterocycles. The Kier molecular flexibility index (Phi) is 3.52. The fourth-order valence-corrected chi connectivity index (χ4v) is 2.35. The summed E-state index contributed by atoms with van der Waals surface area (Å²) in [6.07, 6.45) is 1.34. The number of hydrogen-bond acceptors (Lipinski definition) is 5. The number of aliphatic hydroxyl groups is 1. The van der Waals surface area contributed by atoms with Crippen molar-refractivity contribution in [1.29, 1.82) is 0 Å². The van der Waals surface area contributed by atoms with Gasteiger partial charge < -0.3 is 9.84 Å². The molecule has 100 valence electrons. The molecule has 2 aromatic rings. The third kappa shape index (κ3) is 2.50. The van der Waals surface area contributed by atoms with Crippen molar-refractivity contribution in [3.05, 3.63) is 41.7 Å². The van der Waals surface area contributed by atoms with Crippen molar-refractivity contribution in [3.8, 4) is 0 Å². The van der Waals surface area contributed by atoms with Crippen LogP contribution < -0.4 is 0 Å². The maximum Gasteiger partial charge on any atom is 0.185 e. The predicted octanol–water partition coefficient (Wildman–Crippen LogP) is 0.934. The third-order valence-corrected chi connectivity index (χ3v) is 3.29. The maximum atomic E-state index is 8.93. The average molecular weight is 260 g/mol. The summed E-state index contributed by atoms with van der Waals surface area (Å²) in [5.74, 6) is 0.742. The summed E-state index contributed by atoms with van der Waals surface area (Å²) in [6.45, 7) is 0.823. The first kappa shape index (κ1) is 12.3.